The van der Waals surface area contributed by atoms with Gasteiger partial charge in [-0.25, -0.2) is 0 Å². The molecule has 1 aliphatic heterocycles. The van der Waals surface area contributed by atoms with Crippen LogP contribution in [0.25, 0.3) is 0 Å². The van der Waals surface area contributed by atoms with E-state index >= 15 is 0 Å². The topological polar surface area (TPSA) is 15.3 Å². The summed E-state index contributed by atoms with van der Waals surface area (Å²) in [6.45, 7) is 4.56. The number of nitrogens with one attached hydrogen (secondary N) is 1. The van der Waals surface area contributed by atoms with Crippen molar-refractivity contribution >= 4 is 5.69 Å². The molecule has 1 atom stereocenters. The lowest BCUT2D eigenvalue weighted by molar-refractivity contribution is 0.240. The highest BCUT2D eigenvalue weighted by Crippen LogP contribution is 2.30. The molecule has 1 fully saturated rings. The minimum absolute atomic E-state index is 0.674. The first-order valence-corrected chi connectivity index (χ1v) is 7.80. The van der Waals surface area contributed by atoms with Crippen LogP contribution in [0.5, 0.6) is 0 Å². The summed E-state index contributed by atoms with van der Waals surface area (Å²) in [7, 11) is 2.20. The van der Waals surface area contributed by atoms with Crippen molar-refractivity contribution in [3.8, 4) is 0 Å². The molecule has 1 saturated carbocycles. The van der Waals surface area contributed by atoms with Gasteiger partial charge in [0.15, 0.2) is 0 Å². The molecule has 2 aliphatic rings. The van der Waals surface area contributed by atoms with E-state index in [0.717, 1.165) is 12.5 Å². The molecular weight excluding hydrogens is 232 g/mol. The van der Waals surface area contributed by atoms with E-state index in [4.69, 9.17) is 0 Å². The van der Waals surface area contributed by atoms with Crippen molar-refractivity contribution in [1.82, 2.24) is 5.32 Å². The minimum Gasteiger partial charge on any atom is -0.374 e. The second-order valence-corrected chi connectivity index (χ2v) is 6.35. The van der Waals surface area contributed by atoms with Gasteiger partial charge in [-0.1, -0.05) is 18.6 Å². The molecule has 0 aromatic heterocycles. The zero-order valence-corrected chi connectivity index (χ0v) is 12.3. The van der Waals surface area contributed by atoms with E-state index in [1.54, 1.807) is 0 Å². The molecule has 3 rings (SSSR count). The Morgan fingerprint density at radius 1 is 1.32 bits per heavy atom. The van der Waals surface area contributed by atoms with Crippen LogP contribution < -0.4 is 10.2 Å². The second kappa shape index (κ2) is 5.54. The molecule has 0 saturated heterocycles. The molecule has 2 heteroatoms. The van der Waals surface area contributed by atoms with Gasteiger partial charge in [-0.05, 0) is 55.7 Å². The van der Waals surface area contributed by atoms with E-state index < -0.39 is 0 Å². The summed E-state index contributed by atoms with van der Waals surface area (Å²) < 4.78 is 0. The van der Waals surface area contributed by atoms with Gasteiger partial charge in [-0.3, -0.25) is 0 Å². The largest absolute Gasteiger partial charge is 0.374 e. The fourth-order valence-electron chi connectivity index (χ4n) is 3.33. The standard InChI is InChI=1S/C17H26N2/c1-13(15-5-3-6-15)18-12-14-8-9-17-16(11-14)7-4-10-19(17)2/h8-9,11,13,15,18H,3-7,10,12H2,1-2H3. The molecule has 1 aromatic carbocycles. The van der Waals surface area contributed by atoms with Crippen molar-refractivity contribution in [2.75, 3.05) is 18.5 Å². The molecular formula is C17H26N2. The van der Waals surface area contributed by atoms with Crippen LogP contribution >= 0.6 is 0 Å². The Balaban J connectivity index is 1.62. The lowest BCUT2D eigenvalue weighted by Gasteiger charge is -2.32. The average Bonchev–Trinajstić information content (AvgIpc) is 2.34. The van der Waals surface area contributed by atoms with E-state index in [9.17, 15) is 0 Å². The van der Waals surface area contributed by atoms with E-state index in [1.165, 1.54) is 55.5 Å². The van der Waals surface area contributed by atoms with Crippen molar-refractivity contribution in [3.05, 3.63) is 29.3 Å². The van der Waals surface area contributed by atoms with Gasteiger partial charge < -0.3 is 10.2 Å². The van der Waals surface area contributed by atoms with Crippen LogP contribution in [0.4, 0.5) is 5.69 Å². The quantitative estimate of drug-likeness (QED) is 0.891. The van der Waals surface area contributed by atoms with Gasteiger partial charge in [-0.2, -0.15) is 0 Å². The zero-order valence-electron chi connectivity index (χ0n) is 12.3. The van der Waals surface area contributed by atoms with Gasteiger partial charge in [0.25, 0.3) is 0 Å². The van der Waals surface area contributed by atoms with Crippen LogP contribution in [0.2, 0.25) is 0 Å². The Morgan fingerprint density at radius 3 is 2.89 bits per heavy atom. The van der Waals surface area contributed by atoms with Crippen LogP contribution in [0.3, 0.4) is 0 Å². The van der Waals surface area contributed by atoms with Gasteiger partial charge in [0, 0.05) is 31.9 Å². The van der Waals surface area contributed by atoms with Crippen molar-refractivity contribution in [3.63, 3.8) is 0 Å². The Labute approximate surface area is 117 Å². The predicted molar refractivity (Wildman–Crippen MR) is 81.7 cm³/mol. The smallest absolute Gasteiger partial charge is 0.0396 e. The van der Waals surface area contributed by atoms with E-state index in [-0.39, 0.29) is 0 Å². The van der Waals surface area contributed by atoms with Crippen LogP contribution in [0.1, 0.15) is 43.7 Å². The molecule has 104 valence electrons. The minimum atomic E-state index is 0.674. The maximum absolute atomic E-state index is 3.71. The van der Waals surface area contributed by atoms with Gasteiger partial charge in [0.2, 0.25) is 0 Å². The second-order valence-electron chi connectivity index (χ2n) is 6.35. The number of benzene rings is 1. The molecule has 0 bridgehead atoms. The van der Waals surface area contributed by atoms with Crippen LogP contribution in [-0.4, -0.2) is 19.6 Å². The normalized spacial score (nSPS) is 20.8. The molecule has 1 aliphatic carbocycles. The fraction of sp³-hybridized carbons (Fsp3) is 0.647. The first-order valence-electron chi connectivity index (χ1n) is 7.80. The van der Waals surface area contributed by atoms with Crippen molar-refractivity contribution < 1.29 is 0 Å². The molecule has 0 radical (unpaired) electrons. The summed E-state index contributed by atoms with van der Waals surface area (Å²) in [5.41, 5.74) is 4.41. The SMILES string of the molecule is CC(NCc1ccc2c(c1)CCCN2C)C1CCC1. The maximum Gasteiger partial charge on any atom is 0.0396 e. The fourth-order valence-corrected chi connectivity index (χ4v) is 3.33. The molecule has 2 nitrogen and oxygen atoms in total. The summed E-state index contributed by atoms with van der Waals surface area (Å²) >= 11 is 0. The molecule has 1 N–H and O–H groups in total. The van der Waals surface area contributed by atoms with Crippen molar-refractivity contribution in [2.45, 2.75) is 51.6 Å². The number of anilines is 1. The van der Waals surface area contributed by atoms with E-state index in [2.05, 4.69) is 42.4 Å². The third-order valence-electron chi connectivity index (χ3n) is 4.98. The number of rotatable bonds is 4. The predicted octanol–water partition coefficient (Wildman–Crippen LogP) is 3.35. The third kappa shape index (κ3) is 2.79. The summed E-state index contributed by atoms with van der Waals surface area (Å²) in [5, 5.41) is 3.71. The van der Waals surface area contributed by atoms with Crippen LogP contribution in [-0.2, 0) is 13.0 Å². The third-order valence-corrected chi connectivity index (χ3v) is 4.98. The average molecular weight is 258 g/mol. The Bertz CT molecular complexity index is 437. The number of aryl methyl sites for hydroxylation is 1. The summed E-state index contributed by atoms with van der Waals surface area (Å²) in [5.74, 6) is 0.920. The van der Waals surface area contributed by atoms with Gasteiger partial charge in [0.05, 0.1) is 0 Å². The maximum atomic E-state index is 3.71. The van der Waals surface area contributed by atoms with Crippen molar-refractivity contribution in [2.24, 2.45) is 5.92 Å². The number of hydrogen-bond acceptors (Lipinski definition) is 2. The molecule has 19 heavy (non-hydrogen) atoms. The highest BCUT2D eigenvalue weighted by molar-refractivity contribution is 5.56. The Morgan fingerprint density at radius 2 is 2.16 bits per heavy atom. The first-order chi connectivity index (χ1) is 9.24. The zero-order chi connectivity index (χ0) is 13.2. The molecule has 1 heterocycles. The summed E-state index contributed by atoms with van der Waals surface area (Å²) in [6.07, 6.45) is 6.80. The summed E-state index contributed by atoms with van der Waals surface area (Å²) in [4.78, 5) is 2.38. The first kappa shape index (κ1) is 13.0. The highest BCUT2D eigenvalue weighted by Gasteiger charge is 2.23. The molecule has 1 aromatic rings. The lowest BCUT2D eigenvalue weighted by atomic mass is 9.80. The molecule has 1 unspecified atom stereocenters. The number of fused-ring (bicyclic) bond motifs is 1. The monoisotopic (exact) mass is 258 g/mol. The molecule has 0 amide bonds. The number of hydrogen-bond donors (Lipinski definition) is 1. The lowest BCUT2D eigenvalue weighted by Crippen LogP contribution is -2.36. The van der Waals surface area contributed by atoms with Gasteiger partial charge in [-0.15, -0.1) is 0 Å². The molecule has 0 spiro atoms. The van der Waals surface area contributed by atoms with Crippen molar-refractivity contribution in [1.29, 1.82) is 0 Å². The van der Waals surface area contributed by atoms with Crippen LogP contribution in [0, 0.1) is 5.92 Å². The summed E-state index contributed by atoms with van der Waals surface area (Å²) in [6, 6.07) is 7.68. The van der Waals surface area contributed by atoms with Crippen LogP contribution in [0.15, 0.2) is 18.2 Å². The number of nitrogens with zero attached hydrogens (tertiary/aromatic N) is 1. The Kier molecular flexibility index (Phi) is 3.79. The van der Waals surface area contributed by atoms with Gasteiger partial charge in [0.1, 0.15) is 0 Å². The Hall–Kier alpha value is -1.02. The van der Waals surface area contributed by atoms with Gasteiger partial charge >= 0.3 is 0 Å². The van der Waals surface area contributed by atoms with E-state index in [0.29, 0.717) is 6.04 Å². The van der Waals surface area contributed by atoms with E-state index in [1.807, 2.05) is 0 Å². The highest BCUT2D eigenvalue weighted by atomic mass is 15.1.